The molecule has 1 atom stereocenters. The zero-order chi connectivity index (χ0) is 11.4. The Kier molecular flexibility index (Phi) is 3.34. The van der Waals surface area contributed by atoms with E-state index in [9.17, 15) is 4.39 Å². The minimum atomic E-state index is -0.232. The van der Waals surface area contributed by atoms with E-state index in [1.165, 1.54) is 12.1 Å². The van der Waals surface area contributed by atoms with Gasteiger partial charge in [0.2, 0.25) is 0 Å². The minimum Gasteiger partial charge on any atom is -0.472 e. The average molecular weight is 220 g/mol. The van der Waals surface area contributed by atoms with Crippen LogP contribution in [0.1, 0.15) is 17.2 Å². The van der Waals surface area contributed by atoms with Gasteiger partial charge < -0.3 is 4.42 Å². The Bertz CT molecular complexity index is 425. The average Bonchev–Trinajstić information content (AvgIpc) is 2.82. The predicted octanol–water partition coefficient (Wildman–Crippen LogP) is 2.17. The third kappa shape index (κ3) is 2.48. The summed E-state index contributed by atoms with van der Waals surface area (Å²) in [6.45, 7) is 0. The molecule has 0 spiro atoms. The highest BCUT2D eigenvalue weighted by atomic mass is 19.1. The second-order valence-electron chi connectivity index (χ2n) is 3.61. The fourth-order valence-electron chi connectivity index (χ4n) is 1.60. The lowest BCUT2D eigenvalue weighted by molar-refractivity contribution is 0.525. The highest BCUT2D eigenvalue weighted by Crippen LogP contribution is 2.18. The van der Waals surface area contributed by atoms with E-state index < -0.39 is 0 Å². The van der Waals surface area contributed by atoms with Crippen LogP contribution in [0.2, 0.25) is 0 Å². The maximum atomic E-state index is 12.7. The van der Waals surface area contributed by atoms with Gasteiger partial charge in [-0.15, -0.1) is 0 Å². The maximum Gasteiger partial charge on any atom is 0.123 e. The molecule has 1 aromatic carbocycles. The molecule has 0 bridgehead atoms. The monoisotopic (exact) mass is 220 g/mol. The normalized spacial score (nSPS) is 12.6. The summed E-state index contributed by atoms with van der Waals surface area (Å²) in [4.78, 5) is 0. The summed E-state index contributed by atoms with van der Waals surface area (Å²) in [6.07, 6.45) is 3.94. The van der Waals surface area contributed by atoms with Crippen molar-refractivity contribution in [3.05, 3.63) is 59.8 Å². The zero-order valence-corrected chi connectivity index (χ0v) is 8.69. The summed E-state index contributed by atoms with van der Waals surface area (Å²) in [7, 11) is 0. The van der Waals surface area contributed by atoms with Gasteiger partial charge in [-0.25, -0.2) is 4.39 Å². The smallest absolute Gasteiger partial charge is 0.123 e. The van der Waals surface area contributed by atoms with Crippen LogP contribution in [0.15, 0.2) is 47.3 Å². The molecule has 0 radical (unpaired) electrons. The Labute approximate surface area is 93.0 Å². The van der Waals surface area contributed by atoms with Gasteiger partial charge in [-0.1, -0.05) is 12.1 Å². The lowest BCUT2D eigenvalue weighted by Gasteiger charge is -2.13. The van der Waals surface area contributed by atoms with E-state index >= 15 is 0 Å². The first-order valence-electron chi connectivity index (χ1n) is 5.02. The molecule has 0 fully saturated rings. The molecule has 3 nitrogen and oxygen atoms in total. The molecule has 0 amide bonds. The van der Waals surface area contributed by atoms with Crippen molar-refractivity contribution in [3.63, 3.8) is 0 Å². The quantitative estimate of drug-likeness (QED) is 0.613. The van der Waals surface area contributed by atoms with E-state index in [2.05, 4.69) is 5.43 Å². The van der Waals surface area contributed by atoms with E-state index in [4.69, 9.17) is 10.3 Å². The topological polar surface area (TPSA) is 51.2 Å². The van der Waals surface area contributed by atoms with E-state index in [1.54, 1.807) is 24.7 Å². The van der Waals surface area contributed by atoms with Crippen molar-refractivity contribution in [2.24, 2.45) is 5.84 Å². The number of hydrazine groups is 1. The van der Waals surface area contributed by atoms with Gasteiger partial charge in [0.15, 0.2) is 0 Å². The van der Waals surface area contributed by atoms with E-state index in [-0.39, 0.29) is 11.9 Å². The molecule has 3 N–H and O–H groups in total. The first kappa shape index (κ1) is 10.9. The van der Waals surface area contributed by atoms with Gasteiger partial charge in [0.05, 0.1) is 18.6 Å². The van der Waals surface area contributed by atoms with Gasteiger partial charge in [-0.2, -0.15) is 0 Å². The minimum absolute atomic E-state index is 0.0239. The second kappa shape index (κ2) is 4.92. The number of hydrogen-bond donors (Lipinski definition) is 2. The molecule has 0 aliphatic rings. The number of hydrogen-bond acceptors (Lipinski definition) is 3. The van der Waals surface area contributed by atoms with Gasteiger partial charge >= 0.3 is 0 Å². The van der Waals surface area contributed by atoms with Gasteiger partial charge in [0.25, 0.3) is 0 Å². The van der Waals surface area contributed by atoms with Gasteiger partial charge in [-0.3, -0.25) is 11.3 Å². The van der Waals surface area contributed by atoms with Crippen LogP contribution in [0.4, 0.5) is 4.39 Å². The molecular formula is C12H13FN2O. The van der Waals surface area contributed by atoms with Crippen molar-refractivity contribution in [3.8, 4) is 0 Å². The first-order valence-corrected chi connectivity index (χ1v) is 5.02. The summed E-state index contributed by atoms with van der Waals surface area (Å²) in [5.74, 6) is 5.24. The summed E-state index contributed by atoms with van der Waals surface area (Å²) in [5, 5.41) is 0. The maximum absolute atomic E-state index is 12.7. The standard InChI is InChI=1S/C12H13FN2O/c13-11-3-1-9(2-4-11)7-12(15-14)10-5-6-16-8-10/h1-6,8,12,15H,7,14H2. The van der Waals surface area contributed by atoms with Gasteiger partial charge in [0, 0.05) is 5.56 Å². The molecule has 1 heterocycles. The Morgan fingerprint density at radius 1 is 1.25 bits per heavy atom. The fourth-order valence-corrected chi connectivity index (χ4v) is 1.60. The van der Waals surface area contributed by atoms with Crippen molar-refractivity contribution in [1.82, 2.24) is 5.43 Å². The zero-order valence-electron chi connectivity index (χ0n) is 8.69. The van der Waals surface area contributed by atoms with Crippen LogP contribution < -0.4 is 11.3 Å². The molecule has 84 valence electrons. The highest BCUT2D eigenvalue weighted by Gasteiger charge is 2.11. The van der Waals surface area contributed by atoms with Crippen LogP contribution in [-0.4, -0.2) is 0 Å². The molecule has 1 unspecified atom stereocenters. The SMILES string of the molecule is NNC(Cc1ccc(F)cc1)c1ccoc1. The number of furan rings is 1. The summed E-state index contributed by atoms with van der Waals surface area (Å²) in [5.41, 5.74) is 4.71. The van der Waals surface area contributed by atoms with Gasteiger partial charge in [0.1, 0.15) is 5.82 Å². The number of nitrogens with two attached hydrogens (primary N) is 1. The molecule has 0 saturated heterocycles. The molecule has 0 saturated carbocycles. The number of halogens is 1. The molecule has 1 aromatic heterocycles. The van der Waals surface area contributed by atoms with Crippen LogP contribution in [0.5, 0.6) is 0 Å². The molecule has 0 aliphatic carbocycles. The third-order valence-electron chi connectivity index (χ3n) is 2.50. The van der Waals surface area contributed by atoms with Crippen LogP contribution in [0, 0.1) is 5.82 Å². The van der Waals surface area contributed by atoms with Crippen LogP contribution in [0.3, 0.4) is 0 Å². The van der Waals surface area contributed by atoms with Crippen molar-refractivity contribution >= 4 is 0 Å². The van der Waals surface area contributed by atoms with Crippen molar-refractivity contribution < 1.29 is 8.81 Å². The van der Waals surface area contributed by atoms with E-state index in [0.717, 1.165) is 11.1 Å². The molecule has 0 aliphatic heterocycles. The second-order valence-corrected chi connectivity index (χ2v) is 3.61. The Morgan fingerprint density at radius 2 is 2.00 bits per heavy atom. The number of rotatable bonds is 4. The lowest BCUT2D eigenvalue weighted by Crippen LogP contribution is -2.29. The van der Waals surface area contributed by atoms with E-state index in [1.807, 2.05) is 6.07 Å². The summed E-state index contributed by atoms with van der Waals surface area (Å²) in [6, 6.07) is 8.22. The third-order valence-corrected chi connectivity index (χ3v) is 2.50. The fraction of sp³-hybridized carbons (Fsp3) is 0.167. The highest BCUT2D eigenvalue weighted by molar-refractivity contribution is 5.21. The van der Waals surface area contributed by atoms with Crippen LogP contribution in [0.25, 0.3) is 0 Å². The Balaban J connectivity index is 2.10. The number of benzene rings is 1. The van der Waals surface area contributed by atoms with Crippen molar-refractivity contribution in [2.75, 3.05) is 0 Å². The van der Waals surface area contributed by atoms with Crippen molar-refractivity contribution in [2.45, 2.75) is 12.5 Å². The van der Waals surface area contributed by atoms with E-state index in [0.29, 0.717) is 6.42 Å². The Hall–Kier alpha value is -1.65. The molecule has 4 heteroatoms. The molecular weight excluding hydrogens is 207 g/mol. The molecule has 2 rings (SSSR count). The molecule has 2 aromatic rings. The van der Waals surface area contributed by atoms with Crippen molar-refractivity contribution in [1.29, 1.82) is 0 Å². The largest absolute Gasteiger partial charge is 0.472 e. The lowest BCUT2D eigenvalue weighted by atomic mass is 10.0. The Morgan fingerprint density at radius 3 is 2.56 bits per heavy atom. The summed E-state index contributed by atoms with van der Waals surface area (Å²) < 4.78 is 17.7. The predicted molar refractivity (Wildman–Crippen MR) is 58.9 cm³/mol. The van der Waals surface area contributed by atoms with Crippen LogP contribution in [-0.2, 0) is 6.42 Å². The first-order chi connectivity index (χ1) is 7.79. The van der Waals surface area contributed by atoms with Gasteiger partial charge in [-0.05, 0) is 30.2 Å². The van der Waals surface area contributed by atoms with Crippen LogP contribution >= 0.6 is 0 Å². The summed E-state index contributed by atoms with van der Waals surface area (Å²) >= 11 is 0. The number of nitrogens with one attached hydrogen (secondary N) is 1. The molecule has 16 heavy (non-hydrogen) atoms.